The van der Waals surface area contributed by atoms with Gasteiger partial charge >= 0.3 is 0 Å². The van der Waals surface area contributed by atoms with Crippen LogP contribution < -0.4 is 4.74 Å². The van der Waals surface area contributed by atoms with E-state index >= 15 is 0 Å². The summed E-state index contributed by atoms with van der Waals surface area (Å²) in [6.45, 7) is 0.507. The van der Waals surface area contributed by atoms with E-state index in [1.807, 2.05) is 59.3 Å². The van der Waals surface area contributed by atoms with Gasteiger partial charge in [-0.05, 0) is 36.4 Å². The van der Waals surface area contributed by atoms with Gasteiger partial charge in [-0.1, -0.05) is 22.0 Å². The maximum Gasteiger partial charge on any atom is 0.136 e. The first-order valence-electron chi connectivity index (χ1n) is 5.62. The number of hydrogen-bond acceptors (Lipinski definition) is 2. The second-order valence-corrected chi connectivity index (χ2v) is 4.84. The molecule has 0 radical (unpaired) electrons. The molecule has 0 amide bonds. The van der Waals surface area contributed by atoms with Crippen molar-refractivity contribution in [2.24, 2.45) is 0 Å². The number of benzene rings is 1. The molecule has 0 bridgehead atoms. The van der Waals surface area contributed by atoms with Crippen molar-refractivity contribution < 1.29 is 4.74 Å². The highest BCUT2D eigenvalue weighted by molar-refractivity contribution is 9.10. The second-order valence-electron chi connectivity index (χ2n) is 3.92. The molecule has 2 aromatic heterocycles. The molecule has 90 valence electrons. The molecule has 3 rings (SSSR count). The molecular weight excluding hydrogens is 292 g/mol. The first-order valence-corrected chi connectivity index (χ1v) is 6.41. The van der Waals surface area contributed by atoms with Crippen LogP contribution in [0.5, 0.6) is 5.75 Å². The van der Waals surface area contributed by atoms with Crippen molar-refractivity contribution in [3.05, 3.63) is 65.0 Å². The zero-order chi connectivity index (χ0) is 12.4. The van der Waals surface area contributed by atoms with E-state index < -0.39 is 0 Å². The lowest BCUT2D eigenvalue weighted by atomic mass is 10.3. The molecule has 18 heavy (non-hydrogen) atoms. The number of rotatable bonds is 3. The third-order valence-electron chi connectivity index (χ3n) is 2.69. The van der Waals surface area contributed by atoms with Crippen LogP contribution in [0.4, 0.5) is 0 Å². The lowest BCUT2D eigenvalue weighted by Crippen LogP contribution is -1.99. The highest BCUT2D eigenvalue weighted by atomic mass is 79.9. The molecule has 0 aliphatic rings. The Kier molecular flexibility index (Phi) is 3.02. The first kappa shape index (κ1) is 11.3. The van der Waals surface area contributed by atoms with Gasteiger partial charge < -0.3 is 9.14 Å². The Morgan fingerprint density at radius 3 is 2.78 bits per heavy atom. The van der Waals surface area contributed by atoms with Crippen LogP contribution in [0.25, 0.3) is 5.65 Å². The van der Waals surface area contributed by atoms with Crippen LogP contribution in [0.2, 0.25) is 0 Å². The molecule has 1 aromatic carbocycles. The largest absolute Gasteiger partial charge is 0.487 e. The van der Waals surface area contributed by atoms with Gasteiger partial charge in [0.15, 0.2) is 0 Å². The van der Waals surface area contributed by atoms with Crippen LogP contribution in [0, 0.1) is 0 Å². The van der Waals surface area contributed by atoms with Crippen LogP contribution in [0.1, 0.15) is 5.69 Å². The van der Waals surface area contributed by atoms with Gasteiger partial charge in [-0.3, -0.25) is 0 Å². The molecule has 0 aliphatic carbocycles. The minimum Gasteiger partial charge on any atom is -0.487 e. The minimum atomic E-state index is 0.507. The molecule has 4 heteroatoms. The van der Waals surface area contributed by atoms with Gasteiger partial charge in [0.1, 0.15) is 18.0 Å². The lowest BCUT2D eigenvalue weighted by molar-refractivity contribution is 0.300. The highest BCUT2D eigenvalue weighted by Gasteiger charge is 2.02. The summed E-state index contributed by atoms with van der Waals surface area (Å²) >= 11 is 3.40. The fourth-order valence-electron chi connectivity index (χ4n) is 1.78. The smallest absolute Gasteiger partial charge is 0.136 e. The zero-order valence-corrected chi connectivity index (χ0v) is 11.2. The number of fused-ring (bicyclic) bond motifs is 1. The van der Waals surface area contributed by atoms with Crippen LogP contribution in [-0.2, 0) is 6.61 Å². The van der Waals surface area contributed by atoms with E-state index in [4.69, 9.17) is 4.74 Å². The topological polar surface area (TPSA) is 26.5 Å². The third kappa shape index (κ3) is 2.24. The molecule has 3 aromatic rings. The van der Waals surface area contributed by atoms with Gasteiger partial charge in [-0.15, -0.1) is 0 Å². The molecule has 0 atom stereocenters. The average molecular weight is 303 g/mol. The number of nitrogens with zero attached hydrogens (tertiary/aromatic N) is 2. The second kappa shape index (κ2) is 4.82. The van der Waals surface area contributed by atoms with Crippen LogP contribution >= 0.6 is 15.9 Å². The van der Waals surface area contributed by atoms with Crippen LogP contribution in [0.3, 0.4) is 0 Å². The van der Waals surface area contributed by atoms with Crippen LogP contribution in [-0.4, -0.2) is 9.38 Å². The Bertz CT molecular complexity index is 661. The third-order valence-corrected chi connectivity index (χ3v) is 3.22. The van der Waals surface area contributed by atoms with Gasteiger partial charge in [0.2, 0.25) is 0 Å². The van der Waals surface area contributed by atoms with Gasteiger partial charge in [-0.25, -0.2) is 4.98 Å². The number of imidazole rings is 1. The van der Waals surface area contributed by atoms with E-state index in [-0.39, 0.29) is 0 Å². The Labute approximate surface area is 113 Å². The van der Waals surface area contributed by atoms with Crippen molar-refractivity contribution in [1.82, 2.24) is 9.38 Å². The molecular formula is C14H11BrN2O. The summed E-state index contributed by atoms with van der Waals surface area (Å²) in [4.78, 5) is 4.32. The fraction of sp³-hybridized carbons (Fsp3) is 0.0714. The number of hydrogen-bond donors (Lipinski definition) is 0. The SMILES string of the molecule is Brc1ccc(OCc2cnc3ccccn23)cc1. The molecule has 2 heterocycles. The van der Waals surface area contributed by atoms with Gasteiger partial charge in [-0.2, -0.15) is 0 Å². The maximum absolute atomic E-state index is 5.73. The first-order chi connectivity index (χ1) is 8.83. The normalized spacial score (nSPS) is 10.7. The summed E-state index contributed by atoms with van der Waals surface area (Å²) in [5.74, 6) is 0.851. The summed E-state index contributed by atoms with van der Waals surface area (Å²) in [5, 5.41) is 0. The van der Waals surface area contributed by atoms with Crippen molar-refractivity contribution in [3.63, 3.8) is 0 Å². The molecule has 0 aliphatic heterocycles. The number of aromatic nitrogens is 2. The minimum absolute atomic E-state index is 0.507. The maximum atomic E-state index is 5.73. The number of ether oxygens (including phenoxy) is 1. The molecule has 0 N–H and O–H groups in total. The van der Waals surface area contributed by atoms with E-state index in [9.17, 15) is 0 Å². The van der Waals surface area contributed by atoms with Gasteiger partial charge in [0.05, 0.1) is 11.9 Å². The Morgan fingerprint density at radius 1 is 1.11 bits per heavy atom. The summed E-state index contributed by atoms with van der Waals surface area (Å²) in [6, 6.07) is 13.7. The molecule has 0 saturated carbocycles. The Morgan fingerprint density at radius 2 is 1.94 bits per heavy atom. The van der Waals surface area contributed by atoms with E-state index in [1.54, 1.807) is 0 Å². The van der Waals surface area contributed by atoms with E-state index in [1.165, 1.54) is 0 Å². The fourth-order valence-corrected chi connectivity index (χ4v) is 2.04. The van der Waals surface area contributed by atoms with Crippen molar-refractivity contribution in [2.75, 3.05) is 0 Å². The summed E-state index contributed by atoms with van der Waals surface area (Å²) < 4.78 is 8.80. The van der Waals surface area contributed by atoms with Crippen molar-refractivity contribution >= 4 is 21.6 Å². The Balaban J connectivity index is 1.79. The molecule has 0 saturated heterocycles. The quantitative estimate of drug-likeness (QED) is 0.738. The van der Waals surface area contributed by atoms with E-state index in [0.29, 0.717) is 6.61 Å². The molecule has 0 spiro atoms. The van der Waals surface area contributed by atoms with E-state index in [0.717, 1.165) is 21.6 Å². The summed E-state index contributed by atoms with van der Waals surface area (Å²) in [5.41, 5.74) is 1.97. The van der Waals surface area contributed by atoms with Gasteiger partial charge in [0.25, 0.3) is 0 Å². The highest BCUT2D eigenvalue weighted by Crippen LogP contribution is 2.17. The van der Waals surface area contributed by atoms with Crippen molar-refractivity contribution in [1.29, 1.82) is 0 Å². The number of halogens is 1. The average Bonchev–Trinajstić information content (AvgIpc) is 2.82. The summed E-state index contributed by atoms with van der Waals surface area (Å²) in [6.07, 6.45) is 3.83. The number of pyridine rings is 1. The standard InChI is InChI=1S/C14H11BrN2O/c15-11-4-6-13(7-5-11)18-10-12-9-16-14-3-1-2-8-17(12)14/h1-9H,10H2. The van der Waals surface area contributed by atoms with Crippen LogP contribution in [0.15, 0.2) is 59.3 Å². The zero-order valence-electron chi connectivity index (χ0n) is 9.58. The molecule has 3 nitrogen and oxygen atoms in total. The van der Waals surface area contributed by atoms with Crippen molar-refractivity contribution in [3.8, 4) is 5.75 Å². The monoisotopic (exact) mass is 302 g/mol. The molecule has 0 unspecified atom stereocenters. The molecule has 0 fully saturated rings. The lowest BCUT2D eigenvalue weighted by Gasteiger charge is -2.05. The summed E-state index contributed by atoms with van der Waals surface area (Å²) in [7, 11) is 0. The van der Waals surface area contributed by atoms with E-state index in [2.05, 4.69) is 20.9 Å². The Hall–Kier alpha value is -1.81. The predicted octanol–water partition coefficient (Wildman–Crippen LogP) is 3.68. The predicted molar refractivity (Wildman–Crippen MR) is 73.7 cm³/mol. The van der Waals surface area contributed by atoms with Crippen molar-refractivity contribution in [2.45, 2.75) is 6.61 Å². The van der Waals surface area contributed by atoms with Gasteiger partial charge in [0, 0.05) is 10.7 Å².